The highest BCUT2D eigenvalue weighted by Crippen LogP contribution is 2.41. The maximum atomic E-state index is 15.4. The Kier molecular flexibility index (Phi) is 8.85. The van der Waals surface area contributed by atoms with E-state index < -0.39 is 33.3 Å². The predicted molar refractivity (Wildman–Crippen MR) is 135 cm³/mol. The molecule has 0 radical (unpaired) electrons. The third-order valence-electron chi connectivity index (χ3n) is 5.55. The fourth-order valence-electron chi connectivity index (χ4n) is 3.58. The van der Waals surface area contributed by atoms with E-state index in [1.54, 1.807) is 31.2 Å². The van der Waals surface area contributed by atoms with Crippen LogP contribution in [0.1, 0.15) is 19.8 Å². The highest BCUT2D eigenvalue weighted by Gasteiger charge is 2.42. The van der Waals surface area contributed by atoms with Crippen LogP contribution in [0.25, 0.3) is 11.1 Å². The molecule has 6 nitrogen and oxygen atoms in total. The van der Waals surface area contributed by atoms with E-state index >= 15 is 4.39 Å². The molecule has 190 valence electrons. The molecule has 0 unspecified atom stereocenters. The molecule has 1 heterocycles. The average molecular weight is 545 g/mol. The summed E-state index contributed by atoms with van der Waals surface area (Å²) in [5.74, 6) is -0.707. The Hall–Kier alpha value is -2.14. The van der Waals surface area contributed by atoms with Crippen molar-refractivity contribution in [3.8, 4) is 16.9 Å². The molecular weight excluding hydrogens is 518 g/mol. The fourth-order valence-corrected chi connectivity index (χ4v) is 5.37. The summed E-state index contributed by atoms with van der Waals surface area (Å²) >= 11 is 7.61. The largest absolute Gasteiger partial charge is 0.497 e. The SMILES string of the molecule is COc1ccc(SN2CCC(F)(C(=O)N[C@H](C)/C=C\S(C)(=O)=O)CC2)c(-c2cccc(F)c2Cl)c1. The number of ether oxygens (including phenoxy) is 1. The van der Waals surface area contributed by atoms with Crippen molar-refractivity contribution in [1.82, 2.24) is 9.62 Å². The minimum atomic E-state index is -3.34. The van der Waals surface area contributed by atoms with E-state index in [0.717, 1.165) is 16.6 Å². The molecule has 1 N–H and O–H groups in total. The van der Waals surface area contributed by atoms with Crippen LogP contribution in [0.4, 0.5) is 8.78 Å². The van der Waals surface area contributed by atoms with Crippen molar-refractivity contribution in [2.24, 2.45) is 0 Å². The van der Waals surface area contributed by atoms with Crippen LogP contribution in [0.3, 0.4) is 0 Å². The number of methoxy groups -OCH3 is 1. The second-order valence-electron chi connectivity index (χ2n) is 8.37. The van der Waals surface area contributed by atoms with E-state index in [2.05, 4.69) is 5.32 Å². The number of halogens is 3. The van der Waals surface area contributed by atoms with E-state index in [4.69, 9.17) is 16.3 Å². The van der Waals surface area contributed by atoms with Gasteiger partial charge < -0.3 is 10.1 Å². The number of nitrogens with zero attached hydrogens (tertiary/aromatic N) is 1. The summed E-state index contributed by atoms with van der Waals surface area (Å²) in [6, 6.07) is 9.33. The van der Waals surface area contributed by atoms with E-state index in [0.29, 0.717) is 30.0 Å². The van der Waals surface area contributed by atoms with Crippen LogP contribution in [0.15, 0.2) is 52.8 Å². The minimum absolute atomic E-state index is 0.000245. The molecule has 3 rings (SSSR count). The van der Waals surface area contributed by atoms with Crippen molar-refractivity contribution in [2.45, 2.75) is 36.4 Å². The van der Waals surface area contributed by atoms with Gasteiger partial charge in [-0.15, -0.1) is 0 Å². The van der Waals surface area contributed by atoms with Gasteiger partial charge in [0.2, 0.25) is 0 Å². The Balaban J connectivity index is 1.70. The number of sulfone groups is 1. The quantitative estimate of drug-likeness (QED) is 0.470. The first-order chi connectivity index (χ1) is 16.4. The highest BCUT2D eigenvalue weighted by molar-refractivity contribution is 7.97. The summed E-state index contributed by atoms with van der Waals surface area (Å²) in [6.07, 6.45) is 2.30. The Morgan fingerprint density at radius 1 is 1.26 bits per heavy atom. The summed E-state index contributed by atoms with van der Waals surface area (Å²) in [5, 5.41) is 3.51. The number of rotatable bonds is 8. The van der Waals surface area contributed by atoms with Gasteiger partial charge in [0.1, 0.15) is 11.6 Å². The van der Waals surface area contributed by atoms with E-state index in [9.17, 15) is 17.6 Å². The lowest BCUT2D eigenvalue weighted by Crippen LogP contribution is -2.51. The zero-order chi connectivity index (χ0) is 25.8. The van der Waals surface area contributed by atoms with Crippen LogP contribution >= 0.6 is 23.5 Å². The molecule has 1 atom stereocenters. The third kappa shape index (κ3) is 7.19. The average Bonchev–Trinajstić information content (AvgIpc) is 2.81. The Labute approximate surface area is 213 Å². The van der Waals surface area contributed by atoms with E-state index in [1.807, 2.05) is 10.4 Å². The van der Waals surface area contributed by atoms with Gasteiger partial charge in [0.25, 0.3) is 5.91 Å². The molecule has 1 aliphatic rings. The van der Waals surface area contributed by atoms with Crippen molar-refractivity contribution < 1.29 is 26.7 Å². The number of hydrogen-bond acceptors (Lipinski definition) is 6. The van der Waals surface area contributed by atoms with Gasteiger partial charge in [0, 0.05) is 59.7 Å². The number of hydrogen-bond donors (Lipinski definition) is 1. The zero-order valence-corrected chi connectivity index (χ0v) is 21.9. The van der Waals surface area contributed by atoms with Crippen LogP contribution in [0.5, 0.6) is 5.75 Å². The molecule has 1 amide bonds. The predicted octanol–water partition coefficient (Wildman–Crippen LogP) is 5.03. The maximum Gasteiger partial charge on any atom is 0.258 e. The van der Waals surface area contributed by atoms with Crippen LogP contribution in [-0.4, -0.2) is 56.8 Å². The van der Waals surface area contributed by atoms with Gasteiger partial charge in [-0.3, -0.25) is 4.79 Å². The lowest BCUT2D eigenvalue weighted by molar-refractivity contribution is -0.135. The van der Waals surface area contributed by atoms with Gasteiger partial charge in [-0.2, -0.15) is 0 Å². The molecule has 2 aromatic rings. The zero-order valence-electron chi connectivity index (χ0n) is 19.6. The van der Waals surface area contributed by atoms with Crippen LogP contribution < -0.4 is 10.1 Å². The number of carbonyl (C=O) groups excluding carboxylic acids is 1. The molecule has 0 aliphatic carbocycles. The monoisotopic (exact) mass is 544 g/mol. The van der Waals surface area contributed by atoms with Crippen molar-refractivity contribution >= 4 is 39.3 Å². The van der Waals surface area contributed by atoms with Crippen molar-refractivity contribution in [2.75, 3.05) is 26.5 Å². The molecule has 0 saturated carbocycles. The summed E-state index contributed by atoms with van der Waals surface area (Å²) in [5.41, 5.74) is -0.862. The molecule has 0 spiro atoms. The first-order valence-electron chi connectivity index (χ1n) is 10.9. The Bertz CT molecular complexity index is 1220. The molecule has 1 fully saturated rings. The highest BCUT2D eigenvalue weighted by atomic mass is 35.5. The van der Waals surface area contributed by atoms with Gasteiger partial charge in [-0.05, 0) is 43.1 Å². The second kappa shape index (κ2) is 11.3. The summed E-state index contributed by atoms with van der Waals surface area (Å²) in [4.78, 5) is 13.3. The van der Waals surface area contributed by atoms with Gasteiger partial charge in [-0.25, -0.2) is 21.5 Å². The Morgan fingerprint density at radius 2 is 1.94 bits per heavy atom. The molecular formula is C24H27ClF2N2O4S2. The number of nitrogens with one attached hydrogen (secondary N) is 1. The molecule has 0 bridgehead atoms. The number of amides is 1. The lowest BCUT2D eigenvalue weighted by atomic mass is 9.93. The summed E-state index contributed by atoms with van der Waals surface area (Å²) in [7, 11) is -1.80. The van der Waals surface area contributed by atoms with E-state index in [1.165, 1.54) is 31.2 Å². The standard InChI is InChI=1S/C24H27ClF2N2O4S2/c1-16(9-14-35(3,31)32)28-23(30)24(27)10-12-29(13-11-24)34-21-8-7-17(33-2)15-19(21)18-5-4-6-20(26)22(18)25/h4-9,14-16H,10-13H2,1-3H3,(H,28,30)/b14-9-/t16-/m1/s1. The molecule has 35 heavy (non-hydrogen) atoms. The first kappa shape index (κ1) is 27.4. The third-order valence-corrected chi connectivity index (χ3v) is 7.76. The fraction of sp³-hybridized carbons (Fsp3) is 0.375. The molecule has 0 aromatic heterocycles. The number of piperidine rings is 1. The first-order valence-corrected chi connectivity index (χ1v) is 14.0. The van der Waals surface area contributed by atoms with Gasteiger partial charge in [0.05, 0.1) is 12.1 Å². The molecule has 1 aliphatic heterocycles. The number of benzene rings is 2. The van der Waals surface area contributed by atoms with Crippen molar-refractivity contribution in [3.05, 3.63) is 58.7 Å². The van der Waals surface area contributed by atoms with Crippen molar-refractivity contribution in [1.29, 1.82) is 0 Å². The smallest absolute Gasteiger partial charge is 0.258 e. The van der Waals surface area contributed by atoms with Crippen molar-refractivity contribution in [3.63, 3.8) is 0 Å². The number of alkyl halides is 1. The van der Waals surface area contributed by atoms with Crippen LogP contribution in [-0.2, 0) is 14.6 Å². The lowest BCUT2D eigenvalue weighted by Gasteiger charge is -2.35. The topological polar surface area (TPSA) is 75.7 Å². The molecule has 2 aromatic carbocycles. The maximum absolute atomic E-state index is 15.4. The van der Waals surface area contributed by atoms with Gasteiger partial charge in [-0.1, -0.05) is 29.8 Å². The minimum Gasteiger partial charge on any atom is -0.497 e. The Morgan fingerprint density at radius 3 is 2.57 bits per heavy atom. The summed E-state index contributed by atoms with van der Waals surface area (Å²) in [6.45, 7) is 2.17. The van der Waals surface area contributed by atoms with Gasteiger partial charge in [0.15, 0.2) is 15.5 Å². The molecule has 1 saturated heterocycles. The second-order valence-corrected chi connectivity index (χ2v) is 11.8. The van der Waals surface area contributed by atoms with Crippen LogP contribution in [0.2, 0.25) is 5.02 Å². The molecule has 11 heteroatoms. The van der Waals surface area contributed by atoms with Crippen LogP contribution in [0, 0.1) is 5.82 Å². The number of carbonyl (C=O) groups is 1. The van der Waals surface area contributed by atoms with E-state index in [-0.39, 0.29) is 17.9 Å². The van der Waals surface area contributed by atoms with Gasteiger partial charge >= 0.3 is 0 Å². The normalized spacial score (nSPS) is 17.3. The summed E-state index contributed by atoms with van der Waals surface area (Å²) < 4.78 is 59.2.